The first kappa shape index (κ1) is 9.25. The Hall–Kier alpha value is -1.84. The second kappa shape index (κ2) is 3.71. The number of hydrogen-bond donors (Lipinski definition) is 2. The normalized spacial score (nSPS) is 9.31. The third-order valence-electron chi connectivity index (χ3n) is 1.56. The van der Waals surface area contributed by atoms with Crippen LogP contribution in [0.3, 0.4) is 0 Å². The first-order valence-corrected chi connectivity index (χ1v) is 3.77. The van der Waals surface area contributed by atoms with Gasteiger partial charge >= 0.3 is 6.03 Å². The fourth-order valence-corrected chi connectivity index (χ4v) is 0.931. The minimum absolute atomic E-state index is 0.00868. The molecule has 3 N–H and O–H groups in total. The van der Waals surface area contributed by atoms with E-state index in [1.807, 2.05) is 0 Å². The summed E-state index contributed by atoms with van der Waals surface area (Å²) >= 11 is 0. The molecule has 0 aliphatic heterocycles. The first-order chi connectivity index (χ1) is 6.09. The lowest BCUT2D eigenvalue weighted by molar-refractivity contribution is 0.101. The molecule has 0 aromatic heterocycles. The van der Waals surface area contributed by atoms with Gasteiger partial charge in [-0.15, -0.1) is 0 Å². The van der Waals surface area contributed by atoms with Gasteiger partial charge in [-0.2, -0.15) is 0 Å². The van der Waals surface area contributed by atoms with Gasteiger partial charge in [-0.25, -0.2) is 4.79 Å². The number of urea groups is 1. The highest BCUT2D eigenvalue weighted by Gasteiger charge is 1.99. The van der Waals surface area contributed by atoms with Crippen LogP contribution in [0.5, 0.6) is 0 Å². The van der Waals surface area contributed by atoms with E-state index < -0.39 is 6.03 Å². The molecule has 68 valence electrons. The Morgan fingerprint density at radius 3 is 2.15 bits per heavy atom. The lowest BCUT2D eigenvalue weighted by Crippen LogP contribution is -2.19. The van der Waals surface area contributed by atoms with Crippen LogP contribution in [0.4, 0.5) is 10.5 Å². The van der Waals surface area contributed by atoms with Crippen LogP contribution < -0.4 is 11.1 Å². The summed E-state index contributed by atoms with van der Waals surface area (Å²) < 4.78 is 0. The minimum Gasteiger partial charge on any atom is -0.351 e. The van der Waals surface area contributed by atoms with Crippen LogP contribution in [0, 0.1) is 0 Å². The molecule has 0 spiro atoms. The standard InChI is InChI=1S/C9H10N2O2/c1-6(12)7-2-4-8(5-3-7)11-9(10)13/h2-5H,1H3,(H3,10,11,13). The Balaban J connectivity index is 2.81. The molecule has 13 heavy (non-hydrogen) atoms. The number of carbonyl (C=O) groups is 2. The van der Waals surface area contributed by atoms with Crippen molar-refractivity contribution in [1.82, 2.24) is 0 Å². The summed E-state index contributed by atoms with van der Waals surface area (Å²) in [5, 5.41) is 2.40. The van der Waals surface area contributed by atoms with Crippen molar-refractivity contribution < 1.29 is 9.59 Å². The molecule has 2 amide bonds. The zero-order valence-electron chi connectivity index (χ0n) is 7.20. The lowest BCUT2D eigenvalue weighted by Gasteiger charge is -2.01. The monoisotopic (exact) mass is 178 g/mol. The molecule has 0 aliphatic carbocycles. The van der Waals surface area contributed by atoms with Gasteiger partial charge in [0, 0.05) is 11.3 Å². The summed E-state index contributed by atoms with van der Waals surface area (Å²) in [5.74, 6) is -0.00868. The van der Waals surface area contributed by atoms with Gasteiger partial charge in [0.25, 0.3) is 0 Å². The number of ketones is 1. The maximum atomic E-state index is 10.9. The predicted octanol–water partition coefficient (Wildman–Crippen LogP) is 1.38. The van der Waals surface area contributed by atoms with Crippen molar-refractivity contribution in [3.8, 4) is 0 Å². The number of anilines is 1. The predicted molar refractivity (Wildman–Crippen MR) is 49.7 cm³/mol. The molecule has 0 saturated heterocycles. The van der Waals surface area contributed by atoms with Gasteiger partial charge in [-0.05, 0) is 31.2 Å². The van der Waals surface area contributed by atoms with Gasteiger partial charge in [0.1, 0.15) is 0 Å². The molecule has 0 heterocycles. The number of carbonyl (C=O) groups excluding carboxylic acids is 2. The van der Waals surface area contributed by atoms with Crippen molar-refractivity contribution in [3.05, 3.63) is 29.8 Å². The van der Waals surface area contributed by atoms with Gasteiger partial charge in [-0.3, -0.25) is 4.79 Å². The molecule has 0 saturated carbocycles. The van der Waals surface area contributed by atoms with Crippen molar-refractivity contribution in [2.24, 2.45) is 5.73 Å². The van der Waals surface area contributed by atoms with E-state index in [0.717, 1.165) is 0 Å². The summed E-state index contributed by atoms with van der Waals surface area (Å²) in [6, 6.07) is 5.90. The number of benzene rings is 1. The highest BCUT2D eigenvalue weighted by Crippen LogP contribution is 2.09. The number of rotatable bonds is 2. The summed E-state index contributed by atoms with van der Waals surface area (Å²) in [6.07, 6.45) is 0. The van der Waals surface area contributed by atoms with Crippen LogP contribution >= 0.6 is 0 Å². The maximum Gasteiger partial charge on any atom is 0.316 e. The fourth-order valence-electron chi connectivity index (χ4n) is 0.931. The second-order valence-electron chi connectivity index (χ2n) is 2.62. The molecule has 4 nitrogen and oxygen atoms in total. The van der Waals surface area contributed by atoms with Gasteiger partial charge in [0.15, 0.2) is 5.78 Å². The summed E-state index contributed by atoms with van der Waals surface area (Å²) in [7, 11) is 0. The van der Waals surface area contributed by atoms with E-state index in [1.54, 1.807) is 24.3 Å². The second-order valence-corrected chi connectivity index (χ2v) is 2.62. The maximum absolute atomic E-state index is 10.9. The Morgan fingerprint density at radius 2 is 1.77 bits per heavy atom. The van der Waals surface area contributed by atoms with E-state index in [1.165, 1.54) is 6.92 Å². The summed E-state index contributed by atoms with van der Waals surface area (Å²) in [6.45, 7) is 1.48. The van der Waals surface area contributed by atoms with Crippen molar-refractivity contribution >= 4 is 17.5 Å². The Morgan fingerprint density at radius 1 is 1.23 bits per heavy atom. The van der Waals surface area contributed by atoms with Crippen molar-refractivity contribution in [3.63, 3.8) is 0 Å². The molecular weight excluding hydrogens is 168 g/mol. The Labute approximate surface area is 75.7 Å². The van der Waals surface area contributed by atoms with Crippen LogP contribution in [0.15, 0.2) is 24.3 Å². The molecule has 1 rings (SSSR count). The van der Waals surface area contributed by atoms with Crippen molar-refractivity contribution in [2.75, 3.05) is 5.32 Å². The quantitative estimate of drug-likeness (QED) is 0.671. The van der Waals surface area contributed by atoms with Crippen LogP contribution in [0.25, 0.3) is 0 Å². The zero-order chi connectivity index (χ0) is 9.84. The molecule has 4 heteroatoms. The number of Topliss-reactive ketones (excluding diaryl/α,β-unsaturated/α-hetero) is 1. The van der Waals surface area contributed by atoms with E-state index in [-0.39, 0.29) is 5.78 Å². The minimum atomic E-state index is -0.615. The van der Waals surface area contributed by atoms with E-state index in [4.69, 9.17) is 5.73 Å². The summed E-state index contributed by atoms with van der Waals surface area (Å²) in [5.41, 5.74) is 6.09. The average molecular weight is 178 g/mol. The van der Waals surface area contributed by atoms with Crippen LogP contribution in [-0.4, -0.2) is 11.8 Å². The molecule has 0 fully saturated rings. The smallest absolute Gasteiger partial charge is 0.316 e. The van der Waals surface area contributed by atoms with Gasteiger partial charge in [-0.1, -0.05) is 0 Å². The highest BCUT2D eigenvalue weighted by molar-refractivity contribution is 5.95. The first-order valence-electron chi connectivity index (χ1n) is 3.77. The van der Waals surface area contributed by atoms with Gasteiger partial charge in [0.05, 0.1) is 0 Å². The summed E-state index contributed by atoms with van der Waals surface area (Å²) in [4.78, 5) is 21.3. The largest absolute Gasteiger partial charge is 0.351 e. The molecule has 0 atom stereocenters. The van der Waals surface area contributed by atoms with E-state index in [9.17, 15) is 9.59 Å². The van der Waals surface area contributed by atoms with Crippen molar-refractivity contribution in [1.29, 1.82) is 0 Å². The van der Waals surface area contributed by atoms with Crippen LogP contribution in [-0.2, 0) is 0 Å². The fraction of sp³-hybridized carbons (Fsp3) is 0.111. The van der Waals surface area contributed by atoms with E-state index in [2.05, 4.69) is 5.32 Å². The molecule has 1 aromatic rings. The zero-order valence-corrected chi connectivity index (χ0v) is 7.20. The number of hydrogen-bond acceptors (Lipinski definition) is 2. The topological polar surface area (TPSA) is 72.2 Å². The number of nitrogens with two attached hydrogens (primary N) is 1. The molecule has 0 bridgehead atoms. The van der Waals surface area contributed by atoms with Crippen molar-refractivity contribution in [2.45, 2.75) is 6.92 Å². The van der Waals surface area contributed by atoms with Gasteiger partial charge in [0.2, 0.25) is 0 Å². The SMILES string of the molecule is CC(=O)c1ccc(NC(N)=O)cc1. The Kier molecular flexibility index (Phi) is 2.64. The molecule has 0 radical (unpaired) electrons. The number of amides is 2. The molecule has 0 aliphatic rings. The lowest BCUT2D eigenvalue weighted by atomic mass is 10.1. The average Bonchev–Trinajstić information content (AvgIpc) is 2.04. The molecular formula is C9H10N2O2. The third-order valence-corrected chi connectivity index (χ3v) is 1.56. The van der Waals surface area contributed by atoms with Gasteiger partial charge < -0.3 is 11.1 Å². The Bertz CT molecular complexity index is 330. The number of nitrogens with one attached hydrogen (secondary N) is 1. The molecule has 0 unspecified atom stereocenters. The van der Waals surface area contributed by atoms with Crippen LogP contribution in [0.2, 0.25) is 0 Å². The highest BCUT2D eigenvalue weighted by atomic mass is 16.2. The van der Waals surface area contributed by atoms with Crippen LogP contribution in [0.1, 0.15) is 17.3 Å². The number of primary amides is 1. The third kappa shape index (κ3) is 2.59. The van der Waals surface area contributed by atoms with E-state index >= 15 is 0 Å². The molecule has 1 aromatic carbocycles. The van der Waals surface area contributed by atoms with E-state index in [0.29, 0.717) is 11.3 Å².